The molecule has 0 spiro atoms. The Morgan fingerprint density at radius 2 is 1.49 bits per heavy atom. The van der Waals surface area contributed by atoms with Crippen molar-refractivity contribution in [2.45, 2.75) is 56.1 Å². The van der Waals surface area contributed by atoms with Gasteiger partial charge in [0.25, 0.3) is 5.91 Å². The summed E-state index contributed by atoms with van der Waals surface area (Å²) in [5, 5.41) is 0. The lowest BCUT2D eigenvalue weighted by molar-refractivity contribution is -0.135. The number of sulfonamides is 1. The summed E-state index contributed by atoms with van der Waals surface area (Å²) in [7, 11) is -3.90. The van der Waals surface area contributed by atoms with E-state index in [9.17, 15) is 26.8 Å². The summed E-state index contributed by atoms with van der Waals surface area (Å²) in [4.78, 5) is 30.2. The number of hydrogen-bond acceptors (Lipinski definition) is 4. The minimum absolute atomic E-state index is 0.00609. The molecular formula is C31H33F2N3O4S. The molecule has 1 aliphatic carbocycles. The number of amides is 2. The van der Waals surface area contributed by atoms with Gasteiger partial charge in [-0.25, -0.2) is 17.2 Å². The predicted molar refractivity (Wildman–Crippen MR) is 150 cm³/mol. The van der Waals surface area contributed by atoms with Crippen molar-refractivity contribution < 1.29 is 26.8 Å². The number of rotatable bonds is 9. The molecule has 10 heteroatoms. The summed E-state index contributed by atoms with van der Waals surface area (Å²) in [6.07, 6.45) is 2.27. The summed E-state index contributed by atoms with van der Waals surface area (Å²) >= 11 is 0. The third-order valence-corrected chi connectivity index (χ3v) is 9.67. The van der Waals surface area contributed by atoms with Crippen molar-refractivity contribution in [3.63, 3.8) is 0 Å². The molecule has 1 saturated heterocycles. The van der Waals surface area contributed by atoms with E-state index in [0.717, 1.165) is 5.56 Å². The maximum absolute atomic E-state index is 14.2. The molecule has 41 heavy (non-hydrogen) atoms. The third kappa shape index (κ3) is 6.65. The first-order chi connectivity index (χ1) is 19.6. The van der Waals surface area contributed by atoms with Crippen LogP contribution in [0.2, 0.25) is 0 Å². The van der Waals surface area contributed by atoms with Gasteiger partial charge in [-0.15, -0.1) is 0 Å². The molecule has 216 valence electrons. The molecule has 0 N–H and O–H groups in total. The van der Waals surface area contributed by atoms with Crippen molar-refractivity contribution >= 4 is 21.8 Å². The molecule has 0 unspecified atom stereocenters. The lowest BCUT2D eigenvalue weighted by Crippen LogP contribution is -2.51. The van der Waals surface area contributed by atoms with Gasteiger partial charge >= 0.3 is 0 Å². The van der Waals surface area contributed by atoms with Crippen LogP contribution in [-0.4, -0.2) is 66.1 Å². The molecule has 7 nitrogen and oxygen atoms in total. The Kier molecular flexibility index (Phi) is 8.51. The van der Waals surface area contributed by atoms with E-state index in [-0.39, 0.29) is 41.5 Å². The van der Waals surface area contributed by atoms with E-state index >= 15 is 0 Å². The molecule has 0 bridgehead atoms. The standard InChI is InChI=1S/C31H33F2N3O4S/c1-22-6-14-27(15-7-22)41(39,40)36(26-12-13-26)21-30(37)35(20-23-8-10-24(32)11-9-23)25-16-18-34(19-17-25)31(38)28-4-2-3-5-29(28)33/h2-11,14-15,25-26H,12-13,16-21H2,1H3. The number of carbonyl (C=O) groups is 2. The zero-order chi connectivity index (χ0) is 29.1. The first kappa shape index (κ1) is 28.9. The van der Waals surface area contributed by atoms with Gasteiger partial charge in [-0.3, -0.25) is 9.59 Å². The van der Waals surface area contributed by atoms with Crippen LogP contribution in [0.1, 0.15) is 47.2 Å². The number of halogens is 2. The van der Waals surface area contributed by atoms with Crippen molar-refractivity contribution in [1.29, 1.82) is 0 Å². The fourth-order valence-corrected chi connectivity index (χ4v) is 6.87. The molecule has 0 aromatic heterocycles. The van der Waals surface area contributed by atoms with Crippen LogP contribution in [0.25, 0.3) is 0 Å². The van der Waals surface area contributed by atoms with E-state index in [1.165, 1.54) is 34.6 Å². The highest BCUT2D eigenvalue weighted by molar-refractivity contribution is 7.89. The van der Waals surface area contributed by atoms with Crippen molar-refractivity contribution in [1.82, 2.24) is 14.1 Å². The van der Waals surface area contributed by atoms with Crippen LogP contribution in [0.4, 0.5) is 8.78 Å². The molecule has 2 aliphatic rings. The van der Waals surface area contributed by atoms with Gasteiger partial charge in [-0.2, -0.15) is 4.31 Å². The predicted octanol–water partition coefficient (Wildman–Crippen LogP) is 4.76. The Morgan fingerprint density at radius 1 is 0.854 bits per heavy atom. The maximum Gasteiger partial charge on any atom is 0.256 e. The van der Waals surface area contributed by atoms with Crippen LogP contribution in [0.5, 0.6) is 0 Å². The molecule has 5 rings (SSSR count). The van der Waals surface area contributed by atoms with Crippen LogP contribution >= 0.6 is 0 Å². The topological polar surface area (TPSA) is 78.0 Å². The quantitative estimate of drug-likeness (QED) is 0.365. The minimum atomic E-state index is -3.90. The molecular weight excluding hydrogens is 548 g/mol. The second kappa shape index (κ2) is 12.1. The van der Waals surface area contributed by atoms with Crippen molar-refractivity contribution in [2.75, 3.05) is 19.6 Å². The van der Waals surface area contributed by atoms with Gasteiger partial charge in [-0.05, 0) is 74.6 Å². The highest BCUT2D eigenvalue weighted by atomic mass is 32.2. The molecule has 1 heterocycles. The van der Waals surface area contributed by atoms with Gasteiger partial charge in [0.2, 0.25) is 15.9 Å². The first-order valence-corrected chi connectivity index (χ1v) is 15.2. The highest BCUT2D eigenvalue weighted by Crippen LogP contribution is 2.33. The SMILES string of the molecule is Cc1ccc(S(=O)(=O)N(CC(=O)N(Cc2ccc(F)cc2)C2CCN(C(=O)c3ccccc3F)CC2)C2CC2)cc1. The average Bonchev–Trinajstić information content (AvgIpc) is 3.81. The first-order valence-electron chi connectivity index (χ1n) is 13.8. The van der Waals surface area contributed by atoms with Gasteiger partial charge in [0.15, 0.2) is 0 Å². The highest BCUT2D eigenvalue weighted by Gasteiger charge is 2.41. The van der Waals surface area contributed by atoms with E-state index in [4.69, 9.17) is 0 Å². The van der Waals surface area contributed by atoms with Crippen LogP contribution in [0, 0.1) is 18.6 Å². The van der Waals surface area contributed by atoms with Gasteiger partial charge < -0.3 is 9.80 Å². The Hall–Kier alpha value is -3.63. The summed E-state index contributed by atoms with van der Waals surface area (Å²) in [6, 6.07) is 17.8. The van der Waals surface area contributed by atoms with Gasteiger partial charge in [0.1, 0.15) is 11.6 Å². The van der Waals surface area contributed by atoms with Crippen molar-refractivity contribution in [3.8, 4) is 0 Å². The Morgan fingerprint density at radius 3 is 2.10 bits per heavy atom. The molecule has 2 amide bonds. The Bertz CT molecular complexity index is 1500. The van der Waals surface area contributed by atoms with E-state index in [1.54, 1.807) is 52.3 Å². The average molecular weight is 582 g/mol. The van der Waals surface area contributed by atoms with Crippen LogP contribution < -0.4 is 0 Å². The maximum atomic E-state index is 14.2. The van der Waals surface area contributed by atoms with E-state index < -0.39 is 27.6 Å². The number of carbonyl (C=O) groups excluding carboxylic acids is 2. The smallest absolute Gasteiger partial charge is 0.256 e. The van der Waals surface area contributed by atoms with Crippen molar-refractivity contribution in [2.24, 2.45) is 0 Å². The number of nitrogens with zero attached hydrogens (tertiary/aromatic N) is 3. The number of aryl methyl sites for hydroxylation is 1. The molecule has 0 radical (unpaired) electrons. The van der Waals surface area contributed by atoms with Gasteiger partial charge in [-0.1, -0.05) is 42.0 Å². The zero-order valence-electron chi connectivity index (χ0n) is 22.9. The molecule has 2 fully saturated rings. The number of benzene rings is 3. The summed E-state index contributed by atoms with van der Waals surface area (Å²) in [6.45, 7) is 2.38. The Balaban J connectivity index is 1.35. The molecule has 3 aromatic carbocycles. The largest absolute Gasteiger partial charge is 0.338 e. The van der Waals surface area contributed by atoms with Gasteiger partial charge in [0, 0.05) is 31.7 Å². The van der Waals surface area contributed by atoms with Gasteiger partial charge in [0.05, 0.1) is 17.0 Å². The van der Waals surface area contributed by atoms with E-state index in [2.05, 4.69) is 0 Å². The fourth-order valence-electron chi connectivity index (χ4n) is 5.24. The summed E-state index contributed by atoms with van der Waals surface area (Å²) in [5.74, 6) is -1.73. The monoisotopic (exact) mass is 581 g/mol. The number of piperidine rings is 1. The van der Waals surface area contributed by atoms with Crippen molar-refractivity contribution in [3.05, 3.63) is 101 Å². The van der Waals surface area contributed by atoms with Crippen LogP contribution in [-0.2, 0) is 21.4 Å². The minimum Gasteiger partial charge on any atom is -0.338 e. The Labute approximate surface area is 239 Å². The van der Waals surface area contributed by atoms with Crippen LogP contribution in [0.15, 0.2) is 77.7 Å². The fraction of sp³-hybridized carbons (Fsp3) is 0.355. The molecule has 3 aromatic rings. The molecule has 0 atom stereocenters. The van der Waals surface area contributed by atoms with E-state index in [0.29, 0.717) is 44.3 Å². The third-order valence-electron chi connectivity index (χ3n) is 7.76. The second-order valence-electron chi connectivity index (χ2n) is 10.7. The second-order valence-corrected chi connectivity index (χ2v) is 12.6. The number of likely N-dealkylation sites (tertiary alicyclic amines) is 1. The normalized spacial score (nSPS) is 16.1. The summed E-state index contributed by atoms with van der Waals surface area (Å²) < 4.78 is 56.3. The lowest BCUT2D eigenvalue weighted by atomic mass is 10.0. The zero-order valence-corrected chi connectivity index (χ0v) is 23.7. The van der Waals surface area contributed by atoms with Crippen LogP contribution in [0.3, 0.4) is 0 Å². The molecule has 1 saturated carbocycles. The summed E-state index contributed by atoms with van der Waals surface area (Å²) in [5.41, 5.74) is 1.65. The lowest BCUT2D eigenvalue weighted by Gasteiger charge is -2.39. The number of hydrogen-bond donors (Lipinski definition) is 0. The van der Waals surface area contributed by atoms with E-state index in [1.807, 2.05) is 6.92 Å². The molecule has 1 aliphatic heterocycles.